The van der Waals surface area contributed by atoms with Crippen LogP contribution in [0.2, 0.25) is 0 Å². The van der Waals surface area contributed by atoms with E-state index < -0.39 is 0 Å². The van der Waals surface area contributed by atoms with Crippen molar-refractivity contribution in [1.29, 1.82) is 0 Å². The SMILES string of the molecule is CN1CCCC2C(=O)Nc3cccc(c32)-c2cccc(c2)O[C@@H]2CN[C@@H](C2)C1=O. The molecule has 3 heterocycles. The molecule has 0 aromatic heterocycles. The summed E-state index contributed by atoms with van der Waals surface area (Å²) in [7, 11) is 1.84. The maximum absolute atomic E-state index is 12.8. The van der Waals surface area contributed by atoms with Gasteiger partial charge in [0, 0.05) is 32.2 Å². The average molecular weight is 391 g/mol. The van der Waals surface area contributed by atoms with E-state index in [4.69, 9.17) is 4.74 Å². The van der Waals surface area contributed by atoms with E-state index in [9.17, 15) is 9.59 Å². The molecule has 29 heavy (non-hydrogen) atoms. The van der Waals surface area contributed by atoms with Gasteiger partial charge in [-0.05, 0) is 47.7 Å². The number of nitrogens with zero attached hydrogens (tertiary/aromatic N) is 1. The highest BCUT2D eigenvalue weighted by Crippen LogP contribution is 2.42. The van der Waals surface area contributed by atoms with Gasteiger partial charge in [-0.25, -0.2) is 0 Å². The lowest BCUT2D eigenvalue weighted by Crippen LogP contribution is -2.42. The number of hydrogen-bond acceptors (Lipinski definition) is 4. The molecular formula is C23H25N3O3. The Labute approximate surface area is 170 Å². The summed E-state index contributed by atoms with van der Waals surface area (Å²) in [6, 6.07) is 13.8. The Morgan fingerprint density at radius 1 is 1.14 bits per heavy atom. The van der Waals surface area contributed by atoms with Crippen LogP contribution in [0.1, 0.15) is 30.7 Å². The molecule has 6 heteroatoms. The number of ether oxygens (including phenoxy) is 1. The number of hydrogen-bond donors (Lipinski definition) is 2. The van der Waals surface area contributed by atoms with Crippen molar-refractivity contribution in [2.45, 2.75) is 37.3 Å². The number of anilines is 1. The van der Waals surface area contributed by atoms with Crippen LogP contribution in [0.15, 0.2) is 42.5 Å². The number of likely N-dealkylation sites (N-methyl/N-ethyl adjacent to an activating group) is 1. The number of carbonyl (C=O) groups excluding carboxylic acids is 2. The van der Waals surface area contributed by atoms with Gasteiger partial charge in [0.2, 0.25) is 11.8 Å². The molecule has 3 aliphatic heterocycles. The molecule has 2 aromatic carbocycles. The van der Waals surface area contributed by atoms with Crippen molar-refractivity contribution in [3.63, 3.8) is 0 Å². The van der Waals surface area contributed by atoms with Crippen molar-refractivity contribution in [1.82, 2.24) is 10.2 Å². The smallest absolute Gasteiger partial charge is 0.239 e. The van der Waals surface area contributed by atoms with Crippen LogP contribution in [-0.2, 0) is 9.59 Å². The number of carbonyl (C=O) groups is 2. The maximum Gasteiger partial charge on any atom is 0.239 e. The number of amides is 2. The van der Waals surface area contributed by atoms with Crippen molar-refractivity contribution in [3.05, 3.63) is 48.0 Å². The molecule has 0 aliphatic carbocycles. The van der Waals surface area contributed by atoms with Gasteiger partial charge in [0.25, 0.3) is 0 Å². The summed E-state index contributed by atoms with van der Waals surface area (Å²) in [5, 5.41) is 6.33. The summed E-state index contributed by atoms with van der Waals surface area (Å²) in [6.07, 6.45) is 2.12. The lowest BCUT2D eigenvalue weighted by atomic mass is 9.88. The van der Waals surface area contributed by atoms with Crippen LogP contribution in [0.4, 0.5) is 5.69 Å². The fourth-order valence-electron chi connectivity index (χ4n) is 4.75. The third-order valence-electron chi connectivity index (χ3n) is 6.23. The lowest BCUT2D eigenvalue weighted by molar-refractivity contribution is -0.131. The van der Waals surface area contributed by atoms with Crippen LogP contribution >= 0.6 is 0 Å². The van der Waals surface area contributed by atoms with E-state index in [1.54, 1.807) is 4.90 Å². The second-order valence-corrected chi connectivity index (χ2v) is 8.17. The topological polar surface area (TPSA) is 70.7 Å². The Balaban J connectivity index is 1.57. The van der Waals surface area contributed by atoms with E-state index in [1.807, 2.05) is 37.4 Å². The Bertz CT molecular complexity index is 974. The lowest BCUT2D eigenvalue weighted by Gasteiger charge is -2.22. The van der Waals surface area contributed by atoms with E-state index in [0.29, 0.717) is 25.9 Å². The van der Waals surface area contributed by atoms with Gasteiger partial charge in [0.1, 0.15) is 11.9 Å². The minimum Gasteiger partial charge on any atom is -0.489 e. The second-order valence-electron chi connectivity index (χ2n) is 8.17. The Morgan fingerprint density at radius 2 is 2.00 bits per heavy atom. The van der Waals surface area contributed by atoms with E-state index in [-0.39, 0.29) is 29.9 Å². The predicted octanol–water partition coefficient (Wildman–Crippen LogP) is 2.75. The van der Waals surface area contributed by atoms with E-state index in [2.05, 4.69) is 22.8 Å². The Kier molecular flexibility index (Phi) is 4.51. The van der Waals surface area contributed by atoms with Crippen molar-refractivity contribution >= 4 is 17.5 Å². The van der Waals surface area contributed by atoms with E-state index in [0.717, 1.165) is 34.5 Å². The van der Waals surface area contributed by atoms with Crippen molar-refractivity contribution < 1.29 is 14.3 Å². The minimum atomic E-state index is -0.211. The van der Waals surface area contributed by atoms with Gasteiger partial charge in [-0.1, -0.05) is 24.3 Å². The van der Waals surface area contributed by atoms with E-state index in [1.165, 1.54) is 0 Å². The van der Waals surface area contributed by atoms with Gasteiger partial charge in [-0.2, -0.15) is 0 Å². The highest BCUT2D eigenvalue weighted by atomic mass is 16.5. The van der Waals surface area contributed by atoms with E-state index >= 15 is 0 Å². The zero-order valence-electron chi connectivity index (χ0n) is 16.5. The molecule has 4 bridgehead atoms. The van der Waals surface area contributed by atoms with Gasteiger partial charge in [0.15, 0.2) is 0 Å². The molecule has 2 amide bonds. The Morgan fingerprint density at radius 3 is 2.90 bits per heavy atom. The zero-order chi connectivity index (χ0) is 20.0. The summed E-state index contributed by atoms with van der Waals surface area (Å²) >= 11 is 0. The molecule has 1 fully saturated rings. The highest BCUT2D eigenvalue weighted by molar-refractivity contribution is 6.05. The highest BCUT2D eigenvalue weighted by Gasteiger charge is 2.35. The molecule has 150 valence electrons. The predicted molar refractivity (Wildman–Crippen MR) is 111 cm³/mol. The molecule has 3 aliphatic rings. The van der Waals surface area contributed by atoms with Crippen molar-refractivity contribution in [2.24, 2.45) is 0 Å². The molecule has 3 atom stereocenters. The summed E-state index contributed by atoms with van der Waals surface area (Å²) < 4.78 is 6.20. The average Bonchev–Trinajstić information content (AvgIpc) is 3.31. The van der Waals surface area contributed by atoms with Crippen LogP contribution in [0.3, 0.4) is 0 Å². The molecule has 2 N–H and O–H groups in total. The molecule has 0 saturated carbocycles. The molecule has 2 aromatic rings. The van der Waals surface area contributed by atoms with Crippen LogP contribution in [-0.4, -0.2) is 49.0 Å². The molecule has 0 radical (unpaired) electrons. The van der Waals surface area contributed by atoms with Crippen LogP contribution in [0.5, 0.6) is 5.75 Å². The molecule has 6 nitrogen and oxygen atoms in total. The fraction of sp³-hybridized carbons (Fsp3) is 0.391. The molecule has 1 unspecified atom stereocenters. The third kappa shape index (κ3) is 3.27. The van der Waals surface area contributed by atoms with Gasteiger partial charge >= 0.3 is 0 Å². The quantitative estimate of drug-likeness (QED) is 0.725. The van der Waals surface area contributed by atoms with Gasteiger partial charge in [-0.3, -0.25) is 9.59 Å². The third-order valence-corrected chi connectivity index (χ3v) is 6.23. The van der Waals surface area contributed by atoms with Gasteiger partial charge in [0.05, 0.1) is 12.0 Å². The second kappa shape index (κ2) is 7.19. The first-order valence-electron chi connectivity index (χ1n) is 10.3. The minimum absolute atomic E-state index is 0.0322. The molecular weight excluding hydrogens is 366 g/mol. The van der Waals surface area contributed by atoms with Gasteiger partial charge in [-0.15, -0.1) is 0 Å². The summed E-state index contributed by atoms with van der Waals surface area (Å²) in [5.41, 5.74) is 4.06. The normalized spacial score (nSPS) is 26.2. The van der Waals surface area contributed by atoms with Crippen LogP contribution in [0, 0.1) is 0 Å². The first kappa shape index (κ1) is 18.2. The molecule has 0 spiro atoms. The van der Waals surface area contributed by atoms with Crippen LogP contribution < -0.4 is 15.4 Å². The Hall–Kier alpha value is -2.86. The summed E-state index contributed by atoms with van der Waals surface area (Å²) in [5.74, 6) is 0.724. The summed E-state index contributed by atoms with van der Waals surface area (Å²) in [6.45, 7) is 1.30. The maximum atomic E-state index is 12.8. The molecule has 1 saturated heterocycles. The van der Waals surface area contributed by atoms with Gasteiger partial charge < -0.3 is 20.3 Å². The van der Waals surface area contributed by atoms with Crippen molar-refractivity contribution in [3.8, 4) is 16.9 Å². The fourth-order valence-corrected chi connectivity index (χ4v) is 4.75. The summed E-state index contributed by atoms with van der Waals surface area (Å²) in [4.78, 5) is 27.2. The van der Waals surface area contributed by atoms with Crippen LogP contribution in [0.25, 0.3) is 11.1 Å². The number of benzene rings is 2. The zero-order valence-corrected chi connectivity index (χ0v) is 16.5. The number of nitrogens with one attached hydrogen (secondary N) is 2. The standard InChI is InChI=1S/C23H25N3O3/c1-26-10-4-8-18-21-17(7-3-9-19(21)25-22(18)27)14-5-2-6-15(11-14)29-16-12-20(23(26)28)24-13-16/h2-3,5-7,9,11,16,18,20,24H,4,8,10,12-13H2,1H3,(H,25,27)/t16-,18?,20-/m0/s1. The first-order chi connectivity index (χ1) is 14.1. The largest absolute Gasteiger partial charge is 0.489 e. The number of fused-ring (bicyclic) bond motifs is 5. The number of rotatable bonds is 0. The first-order valence-corrected chi connectivity index (χ1v) is 10.3. The monoisotopic (exact) mass is 391 g/mol. The van der Waals surface area contributed by atoms with Crippen molar-refractivity contribution in [2.75, 3.05) is 25.5 Å². The molecule has 5 rings (SSSR count).